The highest BCUT2D eigenvalue weighted by Crippen LogP contribution is 2.23. The highest BCUT2D eigenvalue weighted by atomic mass is 16.5. The molecule has 2 aromatic rings. The quantitative estimate of drug-likeness (QED) is 0.772. The van der Waals surface area contributed by atoms with E-state index >= 15 is 0 Å². The van der Waals surface area contributed by atoms with Crippen LogP contribution in [0.25, 0.3) is 0 Å². The topological polar surface area (TPSA) is 29.5 Å². The van der Waals surface area contributed by atoms with E-state index in [0.29, 0.717) is 5.56 Å². The number of nitrogens with zero attached hydrogens (tertiary/aromatic N) is 1. The van der Waals surface area contributed by atoms with Crippen molar-refractivity contribution >= 4 is 17.3 Å². The fraction of sp³-hybridized carbons (Fsp3) is 0.133. The predicted molar refractivity (Wildman–Crippen MR) is 72.3 cm³/mol. The molecule has 0 bridgehead atoms. The van der Waals surface area contributed by atoms with Gasteiger partial charge in [-0.2, -0.15) is 0 Å². The second-order valence-electron chi connectivity index (χ2n) is 3.93. The lowest BCUT2D eigenvalue weighted by molar-refractivity contribution is 0.0601. The third-order valence-corrected chi connectivity index (χ3v) is 2.82. The van der Waals surface area contributed by atoms with Crippen molar-refractivity contribution in [2.24, 2.45) is 0 Å². The fourth-order valence-electron chi connectivity index (χ4n) is 1.74. The molecule has 0 aliphatic carbocycles. The van der Waals surface area contributed by atoms with Gasteiger partial charge in [-0.25, -0.2) is 4.79 Å². The Kier molecular flexibility index (Phi) is 3.63. The second kappa shape index (κ2) is 5.36. The SMILES string of the molecule is COC(=O)c1ccc(N(C)c2ccccc2)cc1. The number of esters is 1. The summed E-state index contributed by atoms with van der Waals surface area (Å²) in [5.41, 5.74) is 2.68. The van der Waals surface area contributed by atoms with Gasteiger partial charge in [0.2, 0.25) is 0 Å². The van der Waals surface area contributed by atoms with Crippen molar-refractivity contribution < 1.29 is 9.53 Å². The van der Waals surface area contributed by atoms with Crippen LogP contribution in [0.3, 0.4) is 0 Å². The first-order valence-electron chi connectivity index (χ1n) is 5.69. The molecule has 0 unspecified atom stereocenters. The zero-order valence-electron chi connectivity index (χ0n) is 10.5. The zero-order valence-corrected chi connectivity index (χ0v) is 10.5. The summed E-state index contributed by atoms with van der Waals surface area (Å²) < 4.78 is 4.67. The number of hydrogen-bond acceptors (Lipinski definition) is 3. The Morgan fingerprint density at radius 2 is 1.50 bits per heavy atom. The number of para-hydroxylation sites is 1. The maximum absolute atomic E-state index is 11.3. The molecule has 0 aliphatic rings. The van der Waals surface area contributed by atoms with Crippen molar-refractivity contribution in [1.29, 1.82) is 0 Å². The Morgan fingerprint density at radius 3 is 2.06 bits per heavy atom. The van der Waals surface area contributed by atoms with Gasteiger partial charge in [-0.15, -0.1) is 0 Å². The number of carbonyl (C=O) groups excluding carboxylic acids is 1. The molecule has 0 heterocycles. The largest absolute Gasteiger partial charge is 0.465 e. The van der Waals surface area contributed by atoms with E-state index in [1.54, 1.807) is 12.1 Å². The van der Waals surface area contributed by atoms with Crippen molar-refractivity contribution in [3.05, 3.63) is 60.2 Å². The normalized spacial score (nSPS) is 9.89. The molecule has 0 fully saturated rings. The minimum Gasteiger partial charge on any atom is -0.465 e. The van der Waals surface area contributed by atoms with Crippen molar-refractivity contribution in [2.45, 2.75) is 0 Å². The Balaban J connectivity index is 2.22. The van der Waals surface area contributed by atoms with Crippen LogP contribution in [0.1, 0.15) is 10.4 Å². The predicted octanol–water partition coefficient (Wildman–Crippen LogP) is 3.24. The van der Waals surface area contributed by atoms with Crippen molar-refractivity contribution in [3.63, 3.8) is 0 Å². The fourth-order valence-corrected chi connectivity index (χ4v) is 1.74. The van der Waals surface area contributed by atoms with Crippen LogP contribution in [0.4, 0.5) is 11.4 Å². The van der Waals surface area contributed by atoms with Gasteiger partial charge in [0.1, 0.15) is 0 Å². The number of anilines is 2. The van der Waals surface area contributed by atoms with Gasteiger partial charge < -0.3 is 9.64 Å². The average Bonchev–Trinajstić information content (AvgIpc) is 2.47. The molecule has 0 saturated heterocycles. The molecular formula is C15H15NO2. The molecule has 18 heavy (non-hydrogen) atoms. The lowest BCUT2D eigenvalue weighted by Gasteiger charge is -2.19. The van der Waals surface area contributed by atoms with E-state index in [1.807, 2.05) is 49.5 Å². The molecule has 92 valence electrons. The molecule has 0 N–H and O–H groups in total. The number of methoxy groups -OCH3 is 1. The van der Waals surface area contributed by atoms with Gasteiger partial charge in [-0.1, -0.05) is 18.2 Å². The van der Waals surface area contributed by atoms with E-state index in [2.05, 4.69) is 9.64 Å². The van der Waals surface area contributed by atoms with E-state index in [4.69, 9.17) is 0 Å². The molecule has 0 aliphatic heterocycles. The number of ether oxygens (including phenoxy) is 1. The number of hydrogen-bond donors (Lipinski definition) is 0. The first-order chi connectivity index (χ1) is 8.72. The molecule has 3 nitrogen and oxygen atoms in total. The highest BCUT2D eigenvalue weighted by Gasteiger charge is 2.07. The standard InChI is InChI=1S/C15H15NO2/c1-16(13-6-4-3-5-7-13)14-10-8-12(9-11-14)15(17)18-2/h3-11H,1-2H3. The monoisotopic (exact) mass is 241 g/mol. The van der Waals surface area contributed by atoms with E-state index in [9.17, 15) is 4.79 Å². The summed E-state index contributed by atoms with van der Waals surface area (Å²) in [6, 6.07) is 17.4. The Bertz CT molecular complexity index is 520. The summed E-state index contributed by atoms with van der Waals surface area (Å²) in [4.78, 5) is 13.4. The Hall–Kier alpha value is -2.29. The van der Waals surface area contributed by atoms with Crippen LogP contribution in [0.5, 0.6) is 0 Å². The van der Waals surface area contributed by atoms with Crippen LogP contribution in [0, 0.1) is 0 Å². The van der Waals surface area contributed by atoms with Gasteiger partial charge in [-0.05, 0) is 36.4 Å². The van der Waals surface area contributed by atoms with Gasteiger partial charge in [0.15, 0.2) is 0 Å². The third-order valence-electron chi connectivity index (χ3n) is 2.82. The lowest BCUT2D eigenvalue weighted by atomic mass is 10.2. The molecule has 0 atom stereocenters. The van der Waals surface area contributed by atoms with Crippen molar-refractivity contribution in [1.82, 2.24) is 0 Å². The molecule has 0 saturated carbocycles. The van der Waals surface area contributed by atoms with Gasteiger partial charge >= 0.3 is 5.97 Å². The summed E-state index contributed by atoms with van der Waals surface area (Å²) >= 11 is 0. The highest BCUT2D eigenvalue weighted by molar-refractivity contribution is 5.89. The Labute approximate surface area is 107 Å². The number of carbonyl (C=O) groups is 1. The Morgan fingerprint density at radius 1 is 0.944 bits per heavy atom. The molecule has 0 spiro atoms. The van der Waals surface area contributed by atoms with E-state index < -0.39 is 0 Å². The van der Waals surface area contributed by atoms with Crippen LogP contribution < -0.4 is 4.90 Å². The maximum Gasteiger partial charge on any atom is 0.337 e. The van der Waals surface area contributed by atoms with Crippen molar-refractivity contribution in [3.8, 4) is 0 Å². The molecule has 2 rings (SSSR count). The number of rotatable bonds is 3. The summed E-state index contributed by atoms with van der Waals surface area (Å²) in [6.45, 7) is 0. The van der Waals surface area contributed by atoms with Crippen LogP contribution >= 0.6 is 0 Å². The maximum atomic E-state index is 11.3. The van der Waals surface area contributed by atoms with Crippen LogP contribution in [0.2, 0.25) is 0 Å². The summed E-state index contributed by atoms with van der Waals surface area (Å²) in [5.74, 6) is -0.316. The molecule has 2 aromatic carbocycles. The number of benzene rings is 2. The van der Waals surface area contributed by atoms with Gasteiger partial charge in [-0.3, -0.25) is 0 Å². The zero-order chi connectivity index (χ0) is 13.0. The van der Waals surface area contributed by atoms with Crippen LogP contribution in [0.15, 0.2) is 54.6 Å². The lowest BCUT2D eigenvalue weighted by Crippen LogP contribution is -2.09. The summed E-state index contributed by atoms with van der Waals surface area (Å²) in [7, 11) is 3.37. The van der Waals surface area contributed by atoms with Gasteiger partial charge in [0.25, 0.3) is 0 Å². The summed E-state index contributed by atoms with van der Waals surface area (Å²) in [6.07, 6.45) is 0. The average molecular weight is 241 g/mol. The van der Waals surface area contributed by atoms with E-state index in [-0.39, 0.29) is 5.97 Å². The molecular weight excluding hydrogens is 226 g/mol. The van der Waals surface area contributed by atoms with E-state index in [1.165, 1.54) is 7.11 Å². The van der Waals surface area contributed by atoms with Gasteiger partial charge in [0.05, 0.1) is 12.7 Å². The smallest absolute Gasteiger partial charge is 0.337 e. The first kappa shape index (κ1) is 12.2. The molecule has 0 radical (unpaired) electrons. The molecule has 0 aromatic heterocycles. The first-order valence-corrected chi connectivity index (χ1v) is 5.69. The second-order valence-corrected chi connectivity index (χ2v) is 3.93. The minimum atomic E-state index is -0.316. The summed E-state index contributed by atoms with van der Waals surface area (Å²) in [5, 5.41) is 0. The third kappa shape index (κ3) is 2.51. The minimum absolute atomic E-state index is 0.316. The van der Waals surface area contributed by atoms with Crippen LogP contribution in [-0.4, -0.2) is 20.1 Å². The molecule has 3 heteroatoms. The van der Waals surface area contributed by atoms with Crippen molar-refractivity contribution in [2.75, 3.05) is 19.1 Å². The van der Waals surface area contributed by atoms with Crippen LogP contribution in [-0.2, 0) is 4.74 Å². The molecule has 0 amide bonds. The van der Waals surface area contributed by atoms with E-state index in [0.717, 1.165) is 11.4 Å². The van der Waals surface area contributed by atoms with Gasteiger partial charge in [0, 0.05) is 18.4 Å².